The van der Waals surface area contributed by atoms with Gasteiger partial charge in [-0.25, -0.2) is 0 Å². The van der Waals surface area contributed by atoms with Gasteiger partial charge in [0.05, 0.1) is 0 Å². The van der Waals surface area contributed by atoms with Gasteiger partial charge in [-0.05, 0) is 36.1 Å². The Morgan fingerprint density at radius 1 is 1.12 bits per heavy atom. The summed E-state index contributed by atoms with van der Waals surface area (Å²) in [6.45, 7) is 1.42. The van der Waals surface area contributed by atoms with Crippen LogP contribution in [0.15, 0.2) is 54.6 Å². The SMILES string of the molecule is O=C(C1CC1)N1CCS[C@H]1c1cccc(OCc2ccccc2)c1. The Labute approximate surface area is 147 Å². The largest absolute Gasteiger partial charge is 0.489 e. The van der Waals surface area contributed by atoms with Crippen molar-refractivity contribution < 1.29 is 9.53 Å². The standard InChI is InChI=1S/C20H21NO2S/c22-19(16-9-10-16)21-11-12-24-20(21)17-7-4-8-18(13-17)23-14-15-5-2-1-3-6-15/h1-8,13,16,20H,9-12,14H2/t20-/m0/s1. The number of ether oxygens (including phenoxy) is 1. The molecule has 1 heterocycles. The van der Waals surface area contributed by atoms with Crippen LogP contribution >= 0.6 is 11.8 Å². The summed E-state index contributed by atoms with van der Waals surface area (Å²) in [6.07, 6.45) is 2.12. The second kappa shape index (κ2) is 6.89. The van der Waals surface area contributed by atoms with Gasteiger partial charge in [0.2, 0.25) is 5.91 Å². The van der Waals surface area contributed by atoms with E-state index >= 15 is 0 Å². The Kier molecular flexibility index (Phi) is 4.48. The van der Waals surface area contributed by atoms with Crippen molar-refractivity contribution in [1.82, 2.24) is 4.90 Å². The molecule has 1 saturated heterocycles. The predicted molar refractivity (Wildman–Crippen MR) is 96.9 cm³/mol. The van der Waals surface area contributed by atoms with Gasteiger partial charge in [-0.15, -0.1) is 11.8 Å². The van der Waals surface area contributed by atoms with Gasteiger partial charge >= 0.3 is 0 Å². The molecule has 0 bridgehead atoms. The number of hydrogen-bond donors (Lipinski definition) is 0. The highest BCUT2D eigenvalue weighted by Gasteiger charge is 2.39. The Bertz CT molecular complexity index is 715. The van der Waals surface area contributed by atoms with E-state index < -0.39 is 0 Å². The molecule has 3 nitrogen and oxygen atoms in total. The molecular weight excluding hydrogens is 318 g/mol. The molecule has 124 valence electrons. The number of rotatable bonds is 5. The second-order valence-electron chi connectivity index (χ2n) is 6.38. The Balaban J connectivity index is 1.46. The highest BCUT2D eigenvalue weighted by atomic mass is 32.2. The van der Waals surface area contributed by atoms with Crippen molar-refractivity contribution in [2.24, 2.45) is 5.92 Å². The van der Waals surface area contributed by atoms with Crippen LogP contribution in [0.3, 0.4) is 0 Å². The van der Waals surface area contributed by atoms with Crippen LogP contribution in [0.1, 0.15) is 29.3 Å². The Morgan fingerprint density at radius 2 is 1.96 bits per heavy atom. The van der Waals surface area contributed by atoms with E-state index in [4.69, 9.17) is 4.74 Å². The molecule has 1 aliphatic carbocycles. The zero-order chi connectivity index (χ0) is 16.4. The van der Waals surface area contributed by atoms with E-state index in [2.05, 4.69) is 29.2 Å². The molecule has 2 aliphatic rings. The first kappa shape index (κ1) is 15.6. The lowest BCUT2D eigenvalue weighted by atomic mass is 10.2. The third kappa shape index (κ3) is 3.44. The summed E-state index contributed by atoms with van der Waals surface area (Å²) in [5.41, 5.74) is 2.32. The van der Waals surface area contributed by atoms with E-state index in [0.29, 0.717) is 12.5 Å². The molecule has 1 saturated carbocycles. The molecule has 2 aromatic carbocycles. The highest BCUT2D eigenvalue weighted by Crippen LogP contribution is 2.42. The highest BCUT2D eigenvalue weighted by molar-refractivity contribution is 7.99. The van der Waals surface area contributed by atoms with Crippen molar-refractivity contribution in [2.75, 3.05) is 12.3 Å². The molecule has 24 heavy (non-hydrogen) atoms. The fourth-order valence-electron chi connectivity index (χ4n) is 3.04. The van der Waals surface area contributed by atoms with Crippen LogP contribution in [0.4, 0.5) is 0 Å². The maximum Gasteiger partial charge on any atom is 0.226 e. The van der Waals surface area contributed by atoms with Crippen LogP contribution in [-0.4, -0.2) is 23.1 Å². The monoisotopic (exact) mass is 339 g/mol. The van der Waals surface area contributed by atoms with Gasteiger partial charge in [0.15, 0.2) is 0 Å². The minimum Gasteiger partial charge on any atom is -0.489 e. The molecule has 2 fully saturated rings. The van der Waals surface area contributed by atoms with Crippen LogP contribution in [0, 0.1) is 5.92 Å². The number of benzene rings is 2. The van der Waals surface area contributed by atoms with Crippen molar-refractivity contribution in [3.8, 4) is 5.75 Å². The van der Waals surface area contributed by atoms with Crippen LogP contribution in [0.2, 0.25) is 0 Å². The first-order valence-electron chi connectivity index (χ1n) is 8.50. The number of nitrogens with zero attached hydrogens (tertiary/aromatic N) is 1. The van der Waals surface area contributed by atoms with Crippen molar-refractivity contribution >= 4 is 17.7 Å². The molecule has 0 N–H and O–H groups in total. The van der Waals surface area contributed by atoms with Gasteiger partial charge < -0.3 is 9.64 Å². The lowest BCUT2D eigenvalue weighted by molar-refractivity contribution is -0.132. The molecule has 0 aromatic heterocycles. The molecule has 1 aliphatic heterocycles. The molecule has 1 atom stereocenters. The lowest BCUT2D eigenvalue weighted by Crippen LogP contribution is -2.31. The molecule has 2 aromatic rings. The summed E-state index contributed by atoms with van der Waals surface area (Å²) < 4.78 is 5.94. The maximum atomic E-state index is 12.5. The number of thioether (sulfide) groups is 1. The van der Waals surface area contributed by atoms with Crippen LogP contribution in [0.5, 0.6) is 5.75 Å². The normalized spacial score (nSPS) is 20.2. The minimum absolute atomic E-state index is 0.137. The van der Waals surface area contributed by atoms with Crippen LogP contribution in [0.25, 0.3) is 0 Å². The Morgan fingerprint density at radius 3 is 2.75 bits per heavy atom. The van der Waals surface area contributed by atoms with Gasteiger partial charge in [-0.2, -0.15) is 0 Å². The smallest absolute Gasteiger partial charge is 0.226 e. The first-order chi connectivity index (χ1) is 11.8. The Hall–Kier alpha value is -1.94. The summed E-state index contributed by atoms with van der Waals surface area (Å²) in [4.78, 5) is 14.5. The molecule has 0 unspecified atom stereocenters. The van der Waals surface area contributed by atoms with E-state index in [9.17, 15) is 4.79 Å². The number of carbonyl (C=O) groups excluding carboxylic acids is 1. The zero-order valence-corrected chi connectivity index (χ0v) is 14.4. The van der Waals surface area contributed by atoms with Crippen molar-refractivity contribution in [3.05, 3.63) is 65.7 Å². The van der Waals surface area contributed by atoms with Gasteiger partial charge in [0.1, 0.15) is 17.7 Å². The number of carbonyl (C=O) groups is 1. The van der Waals surface area contributed by atoms with E-state index in [1.54, 1.807) is 0 Å². The third-order valence-corrected chi connectivity index (χ3v) is 5.75. The summed E-state index contributed by atoms with van der Waals surface area (Å²) in [5, 5.41) is 0.137. The summed E-state index contributed by atoms with van der Waals surface area (Å²) in [5.74, 6) is 2.49. The van der Waals surface area contributed by atoms with Gasteiger partial charge in [-0.3, -0.25) is 4.79 Å². The summed E-state index contributed by atoms with van der Waals surface area (Å²) in [7, 11) is 0. The average molecular weight is 339 g/mol. The molecule has 1 amide bonds. The first-order valence-corrected chi connectivity index (χ1v) is 9.55. The molecule has 0 spiro atoms. The van der Waals surface area contributed by atoms with E-state index in [-0.39, 0.29) is 11.3 Å². The van der Waals surface area contributed by atoms with Gasteiger partial charge in [0, 0.05) is 18.2 Å². The topological polar surface area (TPSA) is 29.5 Å². The summed E-state index contributed by atoms with van der Waals surface area (Å²) in [6, 6.07) is 18.4. The average Bonchev–Trinajstić information content (AvgIpc) is 3.37. The van der Waals surface area contributed by atoms with Gasteiger partial charge in [0.25, 0.3) is 0 Å². The van der Waals surface area contributed by atoms with Crippen molar-refractivity contribution in [2.45, 2.75) is 24.8 Å². The molecular formula is C20H21NO2S. The van der Waals surface area contributed by atoms with Crippen molar-refractivity contribution in [3.63, 3.8) is 0 Å². The zero-order valence-electron chi connectivity index (χ0n) is 13.6. The van der Waals surface area contributed by atoms with Crippen molar-refractivity contribution in [1.29, 1.82) is 0 Å². The minimum atomic E-state index is 0.137. The van der Waals surface area contributed by atoms with Crippen LogP contribution in [-0.2, 0) is 11.4 Å². The van der Waals surface area contributed by atoms with E-state index in [1.165, 1.54) is 0 Å². The maximum absolute atomic E-state index is 12.5. The predicted octanol–water partition coefficient (Wildman–Crippen LogP) is 4.25. The quantitative estimate of drug-likeness (QED) is 0.815. The van der Waals surface area contributed by atoms with Gasteiger partial charge in [-0.1, -0.05) is 42.5 Å². The third-order valence-electron chi connectivity index (χ3n) is 4.49. The molecule has 4 heteroatoms. The van der Waals surface area contributed by atoms with E-state index in [0.717, 1.165) is 42.0 Å². The number of hydrogen-bond acceptors (Lipinski definition) is 3. The fraction of sp³-hybridized carbons (Fsp3) is 0.350. The summed E-state index contributed by atoms with van der Waals surface area (Å²) >= 11 is 1.85. The fourth-order valence-corrected chi connectivity index (χ4v) is 4.29. The second-order valence-corrected chi connectivity index (χ2v) is 7.56. The van der Waals surface area contributed by atoms with E-state index in [1.807, 2.05) is 42.1 Å². The van der Waals surface area contributed by atoms with Crippen LogP contribution < -0.4 is 4.74 Å². The lowest BCUT2D eigenvalue weighted by Gasteiger charge is -2.24. The molecule has 0 radical (unpaired) electrons. The molecule has 4 rings (SSSR count). The number of amides is 1.